The third-order valence-electron chi connectivity index (χ3n) is 3.17. The van der Waals surface area contributed by atoms with Crippen LogP contribution in [0.4, 0.5) is 0 Å². The largest absolute Gasteiger partial charge is 0.439 e. The first-order valence-electron chi connectivity index (χ1n) is 7.47. The van der Waals surface area contributed by atoms with Gasteiger partial charge in [0, 0.05) is 29.8 Å². The second-order valence-electron chi connectivity index (χ2n) is 4.98. The highest BCUT2D eigenvalue weighted by atomic mass is 32.1. The molecule has 4 nitrogen and oxygen atoms in total. The van der Waals surface area contributed by atoms with Crippen molar-refractivity contribution in [1.82, 2.24) is 10.3 Å². The summed E-state index contributed by atoms with van der Waals surface area (Å²) in [6, 6.07) is 17.0. The lowest BCUT2D eigenvalue weighted by molar-refractivity contribution is -0.116. The molecule has 3 rings (SSSR count). The van der Waals surface area contributed by atoms with Crippen LogP contribution in [0, 0.1) is 0 Å². The summed E-state index contributed by atoms with van der Waals surface area (Å²) in [5.41, 5.74) is 0.925. The van der Waals surface area contributed by atoms with E-state index >= 15 is 0 Å². The van der Waals surface area contributed by atoms with Crippen molar-refractivity contribution in [2.24, 2.45) is 0 Å². The topological polar surface area (TPSA) is 51.2 Å². The predicted molar refractivity (Wildman–Crippen MR) is 96.0 cm³/mol. The van der Waals surface area contributed by atoms with Gasteiger partial charge >= 0.3 is 0 Å². The summed E-state index contributed by atoms with van der Waals surface area (Å²) < 4.78 is 5.69. The lowest BCUT2D eigenvalue weighted by Gasteiger charge is -2.07. The molecule has 0 atom stereocenters. The van der Waals surface area contributed by atoms with Crippen molar-refractivity contribution in [2.45, 2.75) is 6.54 Å². The molecule has 2 aromatic heterocycles. The summed E-state index contributed by atoms with van der Waals surface area (Å²) in [7, 11) is 0. The minimum atomic E-state index is -0.134. The lowest BCUT2D eigenvalue weighted by atomic mass is 10.2. The van der Waals surface area contributed by atoms with Crippen LogP contribution in [0.5, 0.6) is 11.6 Å². The molecule has 0 aliphatic rings. The third kappa shape index (κ3) is 4.79. The molecule has 2 heterocycles. The number of carbonyl (C=O) groups is 1. The third-order valence-corrected chi connectivity index (χ3v) is 4.01. The van der Waals surface area contributed by atoms with E-state index in [4.69, 9.17) is 4.74 Å². The number of para-hydroxylation sites is 1. The van der Waals surface area contributed by atoms with E-state index in [-0.39, 0.29) is 5.91 Å². The fourth-order valence-corrected chi connectivity index (χ4v) is 2.64. The van der Waals surface area contributed by atoms with Gasteiger partial charge < -0.3 is 10.1 Å². The molecule has 0 spiro atoms. The summed E-state index contributed by atoms with van der Waals surface area (Å²) in [6.07, 6.45) is 5.01. The number of hydrogen-bond donors (Lipinski definition) is 1. The first kappa shape index (κ1) is 16.0. The van der Waals surface area contributed by atoms with E-state index in [0.717, 1.165) is 16.2 Å². The van der Waals surface area contributed by atoms with Crippen LogP contribution in [0.1, 0.15) is 10.4 Å². The molecule has 0 fully saturated rings. The zero-order chi connectivity index (χ0) is 16.6. The molecule has 0 aliphatic heterocycles. The molecule has 0 bridgehead atoms. The highest BCUT2D eigenvalue weighted by Gasteiger charge is 2.02. The van der Waals surface area contributed by atoms with Crippen LogP contribution >= 0.6 is 11.3 Å². The zero-order valence-electron chi connectivity index (χ0n) is 12.9. The Labute approximate surface area is 144 Å². The van der Waals surface area contributed by atoms with Crippen molar-refractivity contribution < 1.29 is 9.53 Å². The van der Waals surface area contributed by atoms with E-state index in [9.17, 15) is 4.79 Å². The van der Waals surface area contributed by atoms with E-state index in [1.54, 1.807) is 23.6 Å². The fourth-order valence-electron chi connectivity index (χ4n) is 2.02. The highest BCUT2D eigenvalue weighted by Crippen LogP contribution is 2.19. The van der Waals surface area contributed by atoms with Gasteiger partial charge in [0.15, 0.2) is 0 Å². The van der Waals surface area contributed by atoms with Gasteiger partial charge in [0.05, 0.1) is 0 Å². The summed E-state index contributed by atoms with van der Waals surface area (Å²) >= 11 is 1.59. The molecule has 120 valence electrons. The van der Waals surface area contributed by atoms with E-state index in [2.05, 4.69) is 10.3 Å². The van der Waals surface area contributed by atoms with Crippen LogP contribution in [-0.4, -0.2) is 10.9 Å². The average molecular weight is 336 g/mol. The molecule has 1 aromatic carbocycles. The van der Waals surface area contributed by atoms with Gasteiger partial charge in [-0.3, -0.25) is 4.79 Å². The van der Waals surface area contributed by atoms with Gasteiger partial charge in [-0.25, -0.2) is 4.98 Å². The Morgan fingerprint density at radius 1 is 1.17 bits per heavy atom. The summed E-state index contributed by atoms with van der Waals surface area (Å²) in [4.78, 5) is 17.1. The molecule has 0 saturated heterocycles. The van der Waals surface area contributed by atoms with E-state index in [0.29, 0.717) is 12.4 Å². The number of carbonyl (C=O) groups excluding carboxylic acids is 1. The minimum absolute atomic E-state index is 0.134. The van der Waals surface area contributed by atoms with Gasteiger partial charge in [0.1, 0.15) is 5.75 Å². The summed E-state index contributed by atoms with van der Waals surface area (Å²) in [6.45, 7) is 0.418. The van der Waals surface area contributed by atoms with Gasteiger partial charge in [-0.2, -0.15) is 0 Å². The van der Waals surface area contributed by atoms with Gasteiger partial charge in [-0.15, -0.1) is 11.3 Å². The predicted octanol–water partition coefficient (Wildman–Crippen LogP) is 4.27. The van der Waals surface area contributed by atoms with Crippen molar-refractivity contribution >= 4 is 23.3 Å². The molecule has 0 aliphatic carbocycles. The number of amides is 1. The average Bonchev–Trinajstić information content (AvgIpc) is 3.13. The molecule has 3 aromatic rings. The number of aromatic nitrogens is 1. The Balaban J connectivity index is 1.55. The standard InChI is InChI=1S/C19H16N2O2S/c22-18(9-8-17-7-4-12-24-17)21-14-15-10-11-20-19(13-15)23-16-5-2-1-3-6-16/h1-13H,14H2,(H,21,22)/b9-8+. The smallest absolute Gasteiger partial charge is 0.244 e. The molecule has 1 N–H and O–H groups in total. The van der Waals surface area contributed by atoms with Crippen LogP contribution in [0.25, 0.3) is 6.08 Å². The van der Waals surface area contributed by atoms with Gasteiger partial charge in [0.25, 0.3) is 0 Å². The molecular weight excluding hydrogens is 320 g/mol. The van der Waals surface area contributed by atoms with Gasteiger partial charge in [-0.1, -0.05) is 24.3 Å². The number of rotatable bonds is 6. The monoisotopic (exact) mass is 336 g/mol. The first-order valence-corrected chi connectivity index (χ1v) is 8.35. The molecule has 1 amide bonds. The molecule has 24 heavy (non-hydrogen) atoms. The molecule has 0 unspecified atom stereocenters. The Kier molecular flexibility index (Phi) is 5.37. The maximum absolute atomic E-state index is 11.8. The normalized spacial score (nSPS) is 10.7. The van der Waals surface area contributed by atoms with Crippen LogP contribution in [0.3, 0.4) is 0 Å². The van der Waals surface area contributed by atoms with Crippen molar-refractivity contribution in [3.05, 3.63) is 82.7 Å². The number of nitrogens with one attached hydrogen (secondary N) is 1. The summed E-state index contributed by atoms with van der Waals surface area (Å²) in [5.74, 6) is 1.10. The SMILES string of the molecule is O=C(/C=C/c1cccs1)NCc1ccnc(Oc2ccccc2)c1. The highest BCUT2D eigenvalue weighted by molar-refractivity contribution is 7.10. The summed E-state index contributed by atoms with van der Waals surface area (Å²) in [5, 5.41) is 4.82. The van der Waals surface area contributed by atoms with Crippen molar-refractivity contribution in [2.75, 3.05) is 0 Å². The fraction of sp³-hybridized carbons (Fsp3) is 0.0526. The van der Waals surface area contributed by atoms with E-state index in [1.165, 1.54) is 6.08 Å². The van der Waals surface area contributed by atoms with Crippen LogP contribution in [0.2, 0.25) is 0 Å². The Hall–Kier alpha value is -2.92. The molecular formula is C19H16N2O2S. The number of ether oxygens (including phenoxy) is 1. The lowest BCUT2D eigenvalue weighted by Crippen LogP contribution is -2.20. The Morgan fingerprint density at radius 3 is 2.83 bits per heavy atom. The maximum Gasteiger partial charge on any atom is 0.244 e. The van der Waals surface area contributed by atoms with Gasteiger partial charge in [0.2, 0.25) is 11.8 Å². The minimum Gasteiger partial charge on any atom is -0.439 e. The number of nitrogens with zero attached hydrogens (tertiary/aromatic N) is 1. The van der Waals surface area contributed by atoms with Crippen LogP contribution in [0.15, 0.2) is 72.3 Å². The van der Waals surface area contributed by atoms with Crippen LogP contribution < -0.4 is 10.1 Å². The second-order valence-corrected chi connectivity index (χ2v) is 5.96. The van der Waals surface area contributed by atoms with Crippen molar-refractivity contribution in [3.63, 3.8) is 0 Å². The molecule has 5 heteroatoms. The first-order chi connectivity index (χ1) is 11.8. The molecule has 0 saturated carbocycles. The second kappa shape index (κ2) is 8.08. The molecule has 0 radical (unpaired) electrons. The number of thiophene rings is 1. The number of pyridine rings is 1. The van der Waals surface area contributed by atoms with Crippen molar-refractivity contribution in [3.8, 4) is 11.6 Å². The van der Waals surface area contributed by atoms with Crippen molar-refractivity contribution in [1.29, 1.82) is 0 Å². The van der Waals surface area contributed by atoms with Crippen LogP contribution in [-0.2, 0) is 11.3 Å². The van der Waals surface area contributed by atoms with Gasteiger partial charge in [-0.05, 0) is 41.3 Å². The maximum atomic E-state index is 11.8. The number of benzene rings is 1. The Morgan fingerprint density at radius 2 is 2.04 bits per heavy atom. The Bertz CT molecular complexity index is 814. The van der Waals surface area contributed by atoms with E-state index in [1.807, 2.05) is 60.0 Å². The quantitative estimate of drug-likeness (QED) is 0.684. The number of hydrogen-bond acceptors (Lipinski definition) is 4. The zero-order valence-corrected chi connectivity index (χ0v) is 13.7. The van der Waals surface area contributed by atoms with E-state index < -0.39 is 0 Å².